The van der Waals surface area contributed by atoms with E-state index in [4.69, 9.17) is 16.3 Å². The number of aromatic nitrogens is 1. The number of nitrogens with one attached hydrogen (secondary N) is 1. The molecule has 17 heavy (non-hydrogen) atoms. The fourth-order valence-corrected chi connectivity index (χ4v) is 1.73. The highest BCUT2D eigenvalue weighted by atomic mass is 35.5. The normalized spacial score (nSPS) is 10.0. The average molecular weight is 249 g/mol. The minimum Gasteiger partial charge on any atom is -0.496 e. The van der Waals surface area contributed by atoms with Crippen molar-refractivity contribution in [2.75, 3.05) is 12.4 Å². The van der Waals surface area contributed by atoms with E-state index in [1.165, 1.54) is 0 Å². The zero-order valence-electron chi connectivity index (χ0n) is 9.48. The molecule has 0 aliphatic rings. The molecule has 0 unspecified atom stereocenters. The van der Waals surface area contributed by atoms with Crippen LogP contribution in [0.1, 0.15) is 5.56 Å². The Balaban J connectivity index is 2.10. The molecule has 1 N–H and O–H groups in total. The number of hydrogen-bond donors (Lipinski definition) is 1. The van der Waals surface area contributed by atoms with Crippen LogP contribution in [0.4, 0.5) is 5.82 Å². The van der Waals surface area contributed by atoms with E-state index >= 15 is 0 Å². The molecular weight excluding hydrogens is 236 g/mol. The quantitative estimate of drug-likeness (QED) is 0.901. The van der Waals surface area contributed by atoms with Crippen molar-refractivity contribution >= 4 is 17.4 Å². The van der Waals surface area contributed by atoms with Gasteiger partial charge in [-0.2, -0.15) is 0 Å². The number of pyridine rings is 1. The monoisotopic (exact) mass is 248 g/mol. The van der Waals surface area contributed by atoms with Crippen LogP contribution in [0, 0.1) is 0 Å². The molecule has 3 nitrogen and oxygen atoms in total. The lowest BCUT2D eigenvalue weighted by Gasteiger charge is -2.10. The molecule has 0 fully saturated rings. The van der Waals surface area contributed by atoms with Gasteiger partial charge in [0.2, 0.25) is 0 Å². The van der Waals surface area contributed by atoms with Gasteiger partial charge in [0.1, 0.15) is 11.6 Å². The first-order valence-electron chi connectivity index (χ1n) is 5.27. The van der Waals surface area contributed by atoms with Crippen LogP contribution in [0.15, 0.2) is 42.6 Å². The van der Waals surface area contributed by atoms with Crippen molar-refractivity contribution in [2.24, 2.45) is 0 Å². The summed E-state index contributed by atoms with van der Waals surface area (Å²) in [5.41, 5.74) is 1.07. The summed E-state index contributed by atoms with van der Waals surface area (Å²) in [5, 5.41) is 3.79. The molecular formula is C13H13ClN2O. The highest BCUT2D eigenvalue weighted by molar-refractivity contribution is 6.32. The minimum atomic E-state index is 0.613. The predicted octanol–water partition coefficient (Wildman–Crippen LogP) is 3.36. The van der Waals surface area contributed by atoms with Gasteiger partial charge in [-0.15, -0.1) is 0 Å². The number of benzene rings is 1. The van der Waals surface area contributed by atoms with E-state index < -0.39 is 0 Å². The molecule has 0 spiro atoms. The van der Waals surface area contributed by atoms with Crippen LogP contribution in [-0.2, 0) is 6.54 Å². The summed E-state index contributed by atoms with van der Waals surface area (Å²) in [6, 6.07) is 11.4. The third-order valence-electron chi connectivity index (χ3n) is 2.40. The van der Waals surface area contributed by atoms with Crippen LogP contribution >= 0.6 is 11.6 Å². The van der Waals surface area contributed by atoms with Gasteiger partial charge in [0.15, 0.2) is 0 Å². The largest absolute Gasteiger partial charge is 0.496 e. The molecule has 0 saturated carbocycles. The minimum absolute atomic E-state index is 0.613. The van der Waals surface area contributed by atoms with Gasteiger partial charge in [0, 0.05) is 18.3 Å². The Morgan fingerprint density at radius 3 is 2.82 bits per heavy atom. The fourth-order valence-electron chi connectivity index (χ4n) is 1.54. The summed E-state index contributed by atoms with van der Waals surface area (Å²) < 4.78 is 5.27. The molecule has 0 saturated heterocycles. The van der Waals surface area contributed by atoms with E-state index in [0.29, 0.717) is 17.4 Å². The topological polar surface area (TPSA) is 34.1 Å². The molecule has 0 atom stereocenters. The van der Waals surface area contributed by atoms with Gasteiger partial charge in [-0.25, -0.2) is 4.98 Å². The average Bonchev–Trinajstić information content (AvgIpc) is 2.38. The Hall–Kier alpha value is -1.74. The van der Waals surface area contributed by atoms with Crippen molar-refractivity contribution in [3.05, 3.63) is 53.2 Å². The Labute approximate surface area is 105 Å². The van der Waals surface area contributed by atoms with Crippen LogP contribution in [0.25, 0.3) is 0 Å². The van der Waals surface area contributed by atoms with Gasteiger partial charge in [-0.3, -0.25) is 0 Å². The van der Waals surface area contributed by atoms with Crippen molar-refractivity contribution in [1.82, 2.24) is 4.98 Å². The first-order chi connectivity index (χ1) is 8.31. The van der Waals surface area contributed by atoms with E-state index in [1.54, 1.807) is 25.4 Å². The number of nitrogens with zero attached hydrogens (tertiary/aromatic N) is 1. The number of hydrogen-bond acceptors (Lipinski definition) is 3. The second-order valence-corrected chi connectivity index (χ2v) is 3.91. The third kappa shape index (κ3) is 2.88. The van der Waals surface area contributed by atoms with Gasteiger partial charge in [0.25, 0.3) is 0 Å². The summed E-state index contributed by atoms with van der Waals surface area (Å²) in [4.78, 5) is 4.16. The van der Waals surface area contributed by atoms with E-state index in [-0.39, 0.29) is 0 Å². The molecule has 1 aromatic carbocycles. The van der Waals surface area contributed by atoms with Crippen LogP contribution in [0.5, 0.6) is 5.75 Å². The standard InChI is InChI=1S/C13H13ClN2O/c1-17-12-7-3-2-5-10(12)9-16-13-11(14)6-4-8-15-13/h2-8H,9H2,1H3,(H,15,16). The highest BCUT2D eigenvalue weighted by Crippen LogP contribution is 2.21. The summed E-state index contributed by atoms with van der Waals surface area (Å²) in [6.07, 6.45) is 1.70. The van der Waals surface area contributed by atoms with E-state index in [1.807, 2.05) is 24.3 Å². The lowest BCUT2D eigenvalue weighted by Crippen LogP contribution is -2.03. The first kappa shape index (κ1) is 11.7. The van der Waals surface area contributed by atoms with Crippen LogP contribution in [-0.4, -0.2) is 12.1 Å². The van der Waals surface area contributed by atoms with Crippen LogP contribution < -0.4 is 10.1 Å². The summed E-state index contributed by atoms with van der Waals surface area (Å²) in [6.45, 7) is 0.626. The second kappa shape index (κ2) is 5.55. The number of rotatable bonds is 4. The molecule has 0 amide bonds. The number of ether oxygens (including phenoxy) is 1. The molecule has 2 aromatic rings. The first-order valence-corrected chi connectivity index (χ1v) is 5.65. The summed E-state index contributed by atoms with van der Waals surface area (Å²) >= 11 is 6.01. The number of halogens is 1. The Morgan fingerprint density at radius 1 is 1.24 bits per heavy atom. The number of anilines is 1. The summed E-state index contributed by atoms with van der Waals surface area (Å²) in [5.74, 6) is 1.53. The number of para-hydroxylation sites is 1. The smallest absolute Gasteiger partial charge is 0.145 e. The molecule has 88 valence electrons. The summed E-state index contributed by atoms with van der Waals surface area (Å²) in [7, 11) is 1.66. The molecule has 0 aliphatic heterocycles. The maximum absolute atomic E-state index is 6.01. The van der Waals surface area contributed by atoms with Crippen molar-refractivity contribution in [2.45, 2.75) is 6.54 Å². The molecule has 1 aromatic heterocycles. The van der Waals surface area contributed by atoms with E-state index in [2.05, 4.69) is 10.3 Å². The predicted molar refractivity (Wildman–Crippen MR) is 69.6 cm³/mol. The Bertz CT molecular complexity index is 502. The lowest BCUT2D eigenvalue weighted by atomic mass is 10.2. The van der Waals surface area contributed by atoms with Crippen LogP contribution in [0.3, 0.4) is 0 Å². The van der Waals surface area contributed by atoms with Crippen molar-refractivity contribution < 1.29 is 4.74 Å². The molecule has 4 heteroatoms. The number of methoxy groups -OCH3 is 1. The van der Waals surface area contributed by atoms with Gasteiger partial charge in [-0.1, -0.05) is 29.8 Å². The third-order valence-corrected chi connectivity index (χ3v) is 2.70. The zero-order valence-corrected chi connectivity index (χ0v) is 10.2. The van der Waals surface area contributed by atoms with Gasteiger partial charge in [0.05, 0.1) is 12.1 Å². The van der Waals surface area contributed by atoms with Crippen molar-refractivity contribution in [1.29, 1.82) is 0 Å². The maximum atomic E-state index is 6.01. The van der Waals surface area contributed by atoms with Gasteiger partial charge < -0.3 is 10.1 Å². The fraction of sp³-hybridized carbons (Fsp3) is 0.154. The molecule has 2 rings (SSSR count). The molecule has 0 aliphatic carbocycles. The lowest BCUT2D eigenvalue weighted by molar-refractivity contribution is 0.410. The van der Waals surface area contributed by atoms with Crippen molar-refractivity contribution in [3.8, 4) is 5.75 Å². The van der Waals surface area contributed by atoms with Crippen molar-refractivity contribution in [3.63, 3.8) is 0 Å². The molecule has 1 heterocycles. The van der Waals surface area contributed by atoms with Crippen LogP contribution in [0.2, 0.25) is 5.02 Å². The molecule has 0 radical (unpaired) electrons. The SMILES string of the molecule is COc1ccccc1CNc1ncccc1Cl. The zero-order chi connectivity index (χ0) is 12.1. The maximum Gasteiger partial charge on any atom is 0.145 e. The Morgan fingerprint density at radius 2 is 2.06 bits per heavy atom. The highest BCUT2D eigenvalue weighted by Gasteiger charge is 2.03. The molecule has 0 bridgehead atoms. The Kier molecular flexibility index (Phi) is 3.83. The van der Waals surface area contributed by atoms with E-state index in [0.717, 1.165) is 11.3 Å². The second-order valence-electron chi connectivity index (χ2n) is 3.50. The van der Waals surface area contributed by atoms with Gasteiger partial charge >= 0.3 is 0 Å². The van der Waals surface area contributed by atoms with E-state index in [9.17, 15) is 0 Å². The van der Waals surface area contributed by atoms with Gasteiger partial charge in [-0.05, 0) is 18.2 Å².